The molecule has 2 aromatic rings. The molecule has 1 N–H and O–H groups in total. The molecule has 1 aromatic heterocycles. The van der Waals surface area contributed by atoms with Gasteiger partial charge >= 0.3 is 12.1 Å². The third kappa shape index (κ3) is 3.38. The Balaban J connectivity index is 2.35. The first-order valence-corrected chi connectivity index (χ1v) is 6.80. The van der Waals surface area contributed by atoms with E-state index in [-0.39, 0.29) is 22.3 Å². The summed E-state index contributed by atoms with van der Waals surface area (Å²) in [6.07, 6.45) is -4.64. The van der Waals surface area contributed by atoms with E-state index in [1.807, 2.05) is 0 Å². The van der Waals surface area contributed by atoms with Crippen molar-refractivity contribution >= 4 is 17.7 Å². The number of carboxylic acids is 1. The number of halogens is 4. The number of hydrogen-bond acceptors (Lipinski definition) is 4. The van der Waals surface area contributed by atoms with Gasteiger partial charge in [-0.15, -0.1) is 10.2 Å². The predicted octanol–water partition coefficient (Wildman–Crippen LogP) is 2.82. The average Bonchev–Trinajstić information content (AvgIpc) is 2.76. The van der Waals surface area contributed by atoms with Crippen molar-refractivity contribution in [1.82, 2.24) is 14.8 Å². The van der Waals surface area contributed by atoms with Crippen molar-refractivity contribution in [2.45, 2.75) is 11.3 Å². The van der Waals surface area contributed by atoms with Gasteiger partial charge in [0.1, 0.15) is 5.82 Å². The number of aliphatic carboxylic acids is 1. The van der Waals surface area contributed by atoms with Gasteiger partial charge in [-0.25, -0.2) is 4.39 Å². The zero-order valence-corrected chi connectivity index (χ0v) is 11.9. The molecule has 0 amide bonds. The van der Waals surface area contributed by atoms with Crippen molar-refractivity contribution in [2.24, 2.45) is 7.05 Å². The fourth-order valence-corrected chi connectivity index (χ4v) is 2.31. The lowest BCUT2D eigenvalue weighted by Crippen LogP contribution is -2.06. The SMILES string of the molecule is Cn1c(SCC(=O)O)nnc1-c1ccc(C(F)(F)F)cc1F. The van der Waals surface area contributed by atoms with Gasteiger partial charge < -0.3 is 9.67 Å². The van der Waals surface area contributed by atoms with Gasteiger partial charge in [-0.3, -0.25) is 4.79 Å². The molecule has 0 aliphatic carbocycles. The minimum atomic E-state index is -4.64. The van der Waals surface area contributed by atoms with Crippen molar-refractivity contribution in [3.8, 4) is 11.4 Å². The fraction of sp³-hybridized carbons (Fsp3) is 0.250. The summed E-state index contributed by atoms with van der Waals surface area (Å²) in [5.41, 5.74) is -1.25. The van der Waals surface area contributed by atoms with Gasteiger partial charge in [-0.1, -0.05) is 11.8 Å². The standard InChI is InChI=1S/C12H9F4N3O2S/c1-19-10(17-18-11(19)22-5-9(20)21)7-3-2-6(4-8(7)13)12(14,15)16/h2-4H,5H2,1H3,(H,20,21). The van der Waals surface area contributed by atoms with E-state index >= 15 is 0 Å². The highest BCUT2D eigenvalue weighted by molar-refractivity contribution is 7.99. The highest BCUT2D eigenvalue weighted by Crippen LogP contribution is 2.32. The molecule has 0 radical (unpaired) electrons. The van der Waals surface area contributed by atoms with E-state index in [9.17, 15) is 22.4 Å². The van der Waals surface area contributed by atoms with E-state index in [0.717, 1.165) is 23.9 Å². The minimum Gasteiger partial charge on any atom is -0.481 e. The smallest absolute Gasteiger partial charge is 0.416 e. The first-order valence-electron chi connectivity index (χ1n) is 5.81. The summed E-state index contributed by atoms with van der Waals surface area (Å²) >= 11 is 0.871. The number of thioether (sulfide) groups is 1. The van der Waals surface area contributed by atoms with E-state index in [1.165, 1.54) is 11.6 Å². The molecule has 1 heterocycles. The molecule has 0 spiro atoms. The fourth-order valence-electron chi connectivity index (χ4n) is 1.67. The number of aromatic nitrogens is 3. The van der Waals surface area contributed by atoms with Crippen molar-refractivity contribution in [3.63, 3.8) is 0 Å². The third-order valence-corrected chi connectivity index (χ3v) is 3.70. The van der Waals surface area contributed by atoms with Crippen molar-refractivity contribution in [3.05, 3.63) is 29.6 Å². The Morgan fingerprint density at radius 1 is 1.36 bits per heavy atom. The maximum absolute atomic E-state index is 13.9. The monoisotopic (exact) mass is 335 g/mol. The third-order valence-electron chi connectivity index (χ3n) is 2.70. The van der Waals surface area contributed by atoms with Crippen molar-refractivity contribution < 1.29 is 27.5 Å². The number of hydrogen-bond donors (Lipinski definition) is 1. The molecule has 22 heavy (non-hydrogen) atoms. The Kier molecular flexibility index (Phi) is 4.40. The first-order chi connectivity index (χ1) is 10.2. The van der Waals surface area contributed by atoms with E-state index in [2.05, 4.69) is 10.2 Å². The van der Waals surface area contributed by atoms with Crippen LogP contribution in [0.3, 0.4) is 0 Å². The summed E-state index contributed by atoms with van der Waals surface area (Å²) < 4.78 is 52.7. The molecule has 10 heteroatoms. The van der Waals surface area contributed by atoms with Gasteiger partial charge in [0.25, 0.3) is 0 Å². The topological polar surface area (TPSA) is 68.0 Å². The van der Waals surface area contributed by atoms with E-state index < -0.39 is 23.5 Å². The van der Waals surface area contributed by atoms with Crippen molar-refractivity contribution in [2.75, 3.05) is 5.75 Å². The molecule has 0 unspecified atom stereocenters. The summed E-state index contributed by atoms with van der Waals surface area (Å²) in [5, 5.41) is 16.2. The predicted molar refractivity (Wildman–Crippen MR) is 69.8 cm³/mol. The molecule has 0 aliphatic heterocycles. The van der Waals surface area contributed by atoms with Crippen LogP contribution < -0.4 is 0 Å². The van der Waals surface area contributed by atoms with Crippen LogP contribution in [0.4, 0.5) is 17.6 Å². The summed E-state index contributed by atoms with van der Waals surface area (Å²) in [7, 11) is 1.47. The second-order valence-electron chi connectivity index (χ2n) is 4.24. The van der Waals surface area contributed by atoms with Crippen LogP contribution in [0.25, 0.3) is 11.4 Å². The molecular weight excluding hydrogens is 326 g/mol. The summed E-state index contributed by atoms with van der Waals surface area (Å²) in [6, 6.07) is 2.10. The lowest BCUT2D eigenvalue weighted by molar-refractivity contribution is -0.138. The van der Waals surface area contributed by atoms with Gasteiger partial charge in [0.2, 0.25) is 0 Å². The van der Waals surface area contributed by atoms with Crippen LogP contribution in [0.2, 0.25) is 0 Å². The second kappa shape index (κ2) is 5.95. The van der Waals surface area contributed by atoms with Crippen LogP contribution in [-0.2, 0) is 18.0 Å². The molecule has 0 saturated carbocycles. The second-order valence-corrected chi connectivity index (χ2v) is 5.18. The van der Waals surface area contributed by atoms with Gasteiger partial charge in [-0.2, -0.15) is 13.2 Å². The Morgan fingerprint density at radius 2 is 2.05 bits per heavy atom. The lowest BCUT2D eigenvalue weighted by Gasteiger charge is -2.09. The van der Waals surface area contributed by atoms with Gasteiger partial charge in [-0.05, 0) is 18.2 Å². The lowest BCUT2D eigenvalue weighted by atomic mass is 10.1. The van der Waals surface area contributed by atoms with Crippen LogP contribution in [0.1, 0.15) is 5.56 Å². The van der Waals surface area contributed by atoms with Crippen LogP contribution in [-0.4, -0.2) is 31.6 Å². The number of rotatable bonds is 4. The van der Waals surface area contributed by atoms with Crippen molar-refractivity contribution in [1.29, 1.82) is 0 Å². The van der Waals surface area contributed by atoms with E-state index in [4.69, 9.17) is 5.11 Å². The maximum Gasteiger partial charge on any atom is 0.416 e. The molecule has 0 aliphatic rings. The molecule has 0 bridgehead atoms. The number of alkyl halides is 3. The Bertz CT molecular complexity index is 715. The van der Waals surface area contributed by atoms with Crippen LogP contribution in [0, 0.1) is 5.82 Å². The Hall–Kier alpha value is -2.10. The molecule has 1 aromatic carbocycles. The maximum atomic E-state index is 13.9. The molecule has 5 nitrogen and oxygen atoms in total. The Morgan fingerprint density at radius 3 is 2.59 bits per heavy atom. The number of nitrogens with zero attached hydrogens (tertiary/aromatic N) is 3. The average molecular weight is 335 g/mol. The summed E-state index contributed by atoms with van der Waals surface area (Å²) in [6.45, 7) is 0. The molecule has 0 fully saturated rings. The highest BCUT2D eigenvalue weighted by Gasteiger charge is 2.31. The normalized spacial score (nSPS) is 11.7. The largest absolute Gasteiger partial charge is 0.481 e. The summed E-state index contributed by atoms with van der Waals surface area (Å²) in [5.74, 6) is -2.39. The summed E-state index contributed by atoms with van der Waals surface area (Å²) in [4.78, 5) is 10.5. The molecule has 0 saturated heterocycles. The zero-order chi connectivity index (χ0) is 16.5. The molecule has 2 rings (SSSR count). The number of carboxylic acid groups (broad SMARTS) is 1. The quantitative estimate of drug-likeness (QED) is 0.687. The number of carbonyl (C=O) groups is 1. The van der Waals surface area contributed by atoms with Crippen LogP contribution >= 0.6 is 11.8 Å². The molecule has 0 atom stereocenters. The van der Waals surface area contributed by atoms with Gasteiger partial charge in [0.15, 0.2) is 11.0 Å². The molecular formula is C12H9F4N3O2S. The first kappa shape index (κ1) is 16.3. The van der Waals surface area contributed by atoms with Gasteiger partial charge in [0, 0.05) is 7.05 Å². The van der Waals surface area contributed by atoms with E-state index in [0.29, 0.717) is 6.07 Å². The number of benzene rings is 1. The molecule has 118 valence electrons. The van der Waals surface area contributed by atoms with Crippen LogP contribution in [0.5, 0.6) is 0 Å². The highest BCUT2D eigenvalue weighted by atomic mass is 32.2. The van der Waals surface area contributed by atoms with Crippen LogP contribution in [0.15, 0.2) is 23.4 Å². The van der Waals surface area contributed by atoms with Gasteiger partial charge in [0.05, 0.1) is 16.9 Å². The Labute approximate surface area is 126 Å². The zero-order valence-electron chi connectivity index (χ0n) is 11.1. The van der Waals surface area contributed by atoms with E-state index in [1.54, 1.807) is 0 Å². The minimum absolute atomic E-state index is 0.0131.